The van der Waals surface area contributed by atoms with Crippen LogP contribution < -0.4 is 0 Å². The number of hydrogen-bond acceptors (Lipinski definition) is 1. The van der Waals surface area contributed by atoms with Crippen LogP contribution in [0.5, 0.6) is 0 Å². The molecule has 0 aromatic heterocycles. The summed E-state index contributed by atoms with van der Waals surface area (Å²) < 4.78 is 13.0. The van der Waals surface area contributed by atoms with Gasteiger partial charge in [0.2, 0.25) is 0 Å². The average molecular weight is 283 g/mol. The van der Waals surface area contributed by atoms with Crippen molar-refractivity contribution in [2.24, 2.45) is 0 Å². The van der Waals surface area contributed by atoms with Gasteiger partial charge in [-0.3, -0.25) is 4.79 Å². The maximum atomic E-state index is 13.0. The predicted molar refractivity (Wildman–Crippen MR) is 71.0 cm³/mol. The quantitative estimate of drug-likeness (QED) is 0.732. The number of halogens is 3. The van der Waals surface area contributed by atoms with Crippen LogP contribution in [0.1, 0.15) is 21.5 Å². The summed E-state index contributed by atoms with van der Waals surface area (Å²) in [6, 6.07) is 8.84. The summed E-state index contributed by atoms with van der Waals surface area (Å²) in [5.41, 5.74) is 1.19. The van der Waals surface area contributed by atoms with E-state index in [9.17, 15) is 9.18 Å². The van der Waals surface area contributed by atoms with Crippen molar-refractivity contribution in [3.8, 4) is 0 Å². The van der Waals surface area contributed by atoms with Crippen LogP contribution >= 0.6 is 23.2 Å². The molecule has 0 saturated heterocycles. The Morgan fingerprint density at radius 2 is 1.72 bits per heavy atom. The molecule has 18 heavy (non-hydrogen) atoms. The summed E-state index contributed by atoms with van der Waals surface area (Å²) in [6.45, 7) is 1.67. The van der Waals surface area contributed by atoms with Crippen LogP contribution in [0.4, 0.5) is 4.39 Å². The fourth-order valence-corrected chi connectivity index (χ4v) is 2.30. The van der Waals surface area contributed by atoms with Crippen LogP contribution in [0.2, 0.25) is 10.0 Å². The van der Waals surface area contributed by atoms with Gasteiger partial charge < -0.3 is 0 Å². The maximum absolute atomic E-state index is 13.0. The van der Waals surface area contributed by atoms with E-state index in [-0.39, 0.29) is 27.2 Å². The highest BCUT2D eigenvalue weighted by Gasteiger charge is 2.18. The van der Waals surface area contributed by atoms with Gasteiger partial charge in [-0.15, -0.1) is 0 Å². The summed E-state index contributed by atoms with van der Waals surface area (Å²) in [6.07, 6.45) is 0. The first kappa shape index (κ1) is 13.1. The van der Waals surface area contributed by atoms with Gasteiger partial charge in [0.1, 0.15) is 5.82 Å². The molecule has 0 amide bonds. The Morgan fingerprint density at radius 1 is 1.11 bits per heavy atom. The zero-order valence-electron chi connectivity index (χ0n) is 9.51. The smallest absolute Gasteiger partial charge is 0.196 e. The summed E-state index contributed by atoms with van der Waals surface area (Å²) >= 11 is 12.0. The van der Waals surface area contributed by atoms with E-state index in [4.69, 9.17) is 23.2 Å². The van der Waals surface area contributed by atoms with E-state index in [2.05, 4.69) is 0 Å². The molecule has 2 aromatic rings. The molecule has 0 aliphatic heterocycles. The van der Waals surface area contributed by atoms with Gasteiger partial charge in [-0.2, -0.15) is 0 Å². The Morgan fingerprint density at radius 3 is 2.28 bits per heavy atom. The van der Waals surface area contributed by atoms with E-state index in [1.54, 1.807) is 25.1 Å². The van der Waals surface area contributed by atoms with E-state index in [1.165, 1.54) is 18.2 Å². The molecule has 92 valence electrons. The van der Waals surface area contributed by atoms with Crippen LogP contribution in [0, 0.1) is 12.7 Å². The fraction of sp³-hybridized carbons (Fsp3) is 0.0714. The summed E-state index contributed by atoms with van der Waals surface area (Å²) in [5, 5.41) is 0.576. The minimum atomic E-state index is -0.380. The molecule has 4 heteroatoms. The van der Waals surface area contributed by atoms with E-state index in [0.29, 0.717) is 11.1 Å². The molecule has 2 rings (SSSR count). The molecule has 1 nitrogen and oxygen atoms in total. The van der Waals surface area contributed by atoms with Crippen molar-refractivity contribution in [3.05, 3.63) is 69.0 Å². The van der Waals surface area contributed by atoms with Gasteiger partial charge in [-0.1, -0.05) is 29.3 Å². The largest absolute Gasteiger partial charge is 0.288 e. The Hall–Kier alpha value is -1.38. The van der Waals surface area contributed by atoms with Crippen molar-refractivity contribution in [2.45, 2.75) is 6.92 Å². The number of hydrogen-bond donors (Lipinski definition) is 0. The van der Waals surface area contributed by atoms with Gasteiger partial charge in [-0.05, 0) is 42.8 Å². The minimum absolute atomic E-state index is 0.246. The summed E-state index contributed by atoms with van der Waals surface area (Å²) in [7, 11) is 0. The van der Waals surface area contributed by atoms with Crippen molar-refractivity contribution in [1.82, 2.24) is 0 Å². The highest BCUT2D eigenvalue weighted by molar-refractivity contribution is 6.41. The number of ketones is 1. The molecule has 0 fully saturated rings. The van der Waals surface area contributed by atoms with Crippen LogP contribution in [0.3, 0.4) is 0 Å². The molecule has 0 aliphatic rings. The highest BCUT2D eigenvalue weighted by Crippen LogP contribution is 2.27. The van der Waals surface area contributed by atoms with Crippen molar-refractivity contribution < 1.29 is 9.18 Å². The van der Waals surface area contributed by atoms with E-state index >= 15 is 0 Å². The lowest BCUT2D eigenvalue weighted by Gasteiger charge is -2.08. The molecule has 0 heterocycles. The first-order valence-electron chi connectivity index (χ1n) is 5.25. The lowest BCUT2D eigenvalue weighted by Crippen LogP contribution is -2.05. The topological polar surface area (TPSA) is 17.1 Å². The van der Waals surface area contributed by atoms with Crippen molar-refractivity contribution in [3.63, 3.8) is 0 Å². The standard InChI is InChI=1S/C14H9Cl2FO/c1-8-7-9(17)5-6-10(8)14(18)13-11(15)3-2-4-12(13)16/h2-7H,1H3. The molecule has 0 unspecified atom stereocenters. The SMILES string of the molecule is Cc1cc(F)ccc1C(=O)c1c(Cl)cccc1Cl. The van der Waals surface area contributed by atoms with Crippen LogP contribution in [-0.4, -0.2) is 5.78 Å². The third-order valence-corrected chi connectivity index (χ3v) is 3.25. The first-order chi connectivity index (χ1) is 8.50. The molecule has 2 aromatic carbocycles. The van der Waals surface area contributed by atoms with E-state index in [0.717, 1.165) is 0 Å². The Labute approximate surface area is 114 Å². The summed E-state index contributed by atoms with van der Waals surface area (Å²) in [5.74, 6) is -0.683. The maximum Gasteiger partial charge on any atom is 0.196 e. The number of rotatable bonds is 2. The van der Waals surface area contributed by atoms with Gasteiger partial charge in [0.25, 0.3) is 0 Å². The molecular weight excluding hydrogens is 274 g/mol. The van der Waals surface area contributed by atoms with Gasteiger partial charge in [0.15, 0.2) is 5.78 Å². The van der Waals surface area contributed by atoms with Gasteiger partial charge >= 0.3 is 0 Å². The van der Waals surface area contributed by atoms with Crippen LogP contribution in [0.25, 0.3) is 0 Å². The Balaban J connectivity index is 2.55. The monoisotopic (exact) mass is 282 g/mol. The fourth-order valence-electron chi connectivity index (χ4n) is 1.73. The van der Waals surface area contributed by atoms with Crippen molar-refractivity contribution in [2.75, 3.05) is 0 Å². The molecular formula is C14H9Cl2FO. The number of carbonyl (C=O) groups excluding carboxylic acids is 1. The van der Waals surface area contributed by atoms with Gasteiger partial charge in [-0.25, -0.2) is 4.39 Å². The molecule has 0 bridgehead atoms. The lowest BCUT2D eigenvalue weighted by molar-refractivity contribution is 0.103. The van der Waals surface area contributed by atoms with Crippen molar-refractivity contribution in [1.29, 1.82) is 0 Å². The Bertz CT molecular complexity index is 603. The minimum Gasteiger partial charge on any atom is -0.288 e. The van der Waals surface area contributed by atoms with Gasteiger partial charge in [0, 0.05) is 5.56 Å². The van der Waals surface area contributed by atoms with Crippen molar-refractivity contribution >= 4 is 29.0 Å². The second kappa shape index (κ2) is 5.09. The third-order valence-electron chi connectivity index (χ3n) is 2.62. The van der Waals surface area contributed by atoms with E-state index < -0.39 is 0 Å². The van der Waals surface area contributed by atoms with E-state index in [1.807, 2.05) is 0 Å². The molecule has 0 radical (unpaired) electrons. The van der Waals surface area contributed by atoms with Gasteiger partial charge in [0.05, 0.1) is 15.6 Å². The molecule has 0 spiro atoms. The molecule has 0 saturated carbocycles. The zero-order valence-corrected chi connectivity index (χ0v) is 11.0. The second-order valence-electron chi connectivity index (χ2n) is 3.89. The first-order valence-corrected chi connectivity index (χ1v) is 6.01. The number of benzene rings is 2. The summed E-state index contributed by atoms with van der Waals surface area (Å²) in [4.78, 5) is 12.3. The molecule has 0 atom stereocenters. The number of carbonyl (C=O) groups is 1. The highest BCUT2D eigenvalue weighted by atomic mass is 35.5. The third kappa shape index (κ3) is 2.40. The molecule has 0 N–H and O–H groups in total. The Kier molecular flexibility index (Phi) is 3.69. The second-order valence-corrected chi connectivity index (χ2v) is 4.70. The van der Waals surface area contributed by atoms with Crippen LogP contribution in [-0.2, 0) is 0 Å². The predicted octanol–water partition coefficient (Wildman–Crippen LogP) is 4.67. The normalized spacial score (nSPS) is 10.4. The van der Waals surface area contributed by atoms with Crippen LogP contribution in [0.15, 0.2) is 36.4 Å². The zero-order chi connectivity index (χ0) is 13.3. The lowest BCUT2D eigenvalue weighted by atomic mass is 9.99. The average Bonchev–Trinajstić information content (AvgIpc) is 2.28. The number of aryl methyl sites for hydroxylation is 1. The molecule has 0 aliphatic carbocycles.